The Hall–Kier alpha value is -1.87. The Morgan fingerprint density at radius 2 is 1.72 bits per heavy atom. The van der Waals surface area contributed by atoms with Crippen LogP contribution in [0.3, 0.4) is 0 Å². The summed E-state index contributed by atoms with van der Waals surface area (Å²) in [6.45, 7) is 0. The number of phenolic OH excluding ortho intramolecular Hbond substituents is 1. The molecular weight excluding hydrogens is 290 g/mol. The van der Waals surface area contributed by atoms with Gasteiger partial charge in [0.25, 0.3) is 0 Å². The molecule has 0 heterocycles. The number of aromatic hydroxyl groups is 1. The molecule has 0 aromatic heterocycles. The summed E-state index contributed by atoms with van der Waals surface area (Å²) in [7, 11) is 0. The summed E-state index contributed by atoms with van der Waals surface area (Å²) in [5.74, 6) is 0.269. The molecule has 0 unspecified atom stereocenters. The van der Waals surface area contributed by atoms with E-state index in [1.807, 2.05) is 42.5 Å². The van der Waals surface area contributed by atoms with Crippen molar-refractivity contribution < 1.29 is 5.11 Å². The van der Waals surface area contributed by atoms with Crippen molar-refractivity contribution in [2.75, 3.05) is 0 Å². The van der Waals surface area contributed by atoms with Gasteiger partial charge < -0.3 is 5.11 Å². The van der Waals surface area contributed by atoms with Crippen LogP contribution >= 0.6 is 15.9 Å². The van der Waals surface area contributed by atoms with Crippen LogP contribution in [0.25, 0.3) is 6.08 Å². The van der Waals surface area contributed by atoms with E-state index in [1.165, 1.54) is 0 Å². The molecule has 0 saturated carbocycles. The van der Waals surface area contributed by atoms with E-state index in [1.54, 1.807) is 24.4 Å². The normalized spacial score (nSPS) is 11.4. The number of nitrogens with zero attached hydrogens (tertiary/aromatic N) is 1. The van der Waals surface area contributed by atoms with Crippen molar-refractivity contribution in [1.29, 1.82) is 0 Å². The van der Waals surface area contributed by atoms with Gasteiger partial charge in [0.05, 0.1) is 5.69 Å². The molecule has 18 heavy (non-hydrogen) atoms. The minimum Gasteiger partial charge on any atom is -0.507 e. The Balaban J connectivity index is 2.03. The molecule has 2 aromatic carbocycles. The Labute approximate surface area is 114 Å². The van der Waals surface area contributed by atoms with Crippen molar-refractivity contribution in [2.45, 2.75) is 0 Å². The van der Waals surface area contributed by atoms with Crippen molar-refractivity contribution in [3.05, 3.63) is 64.6 Å². The number of rotatable bonds is 3. The number of phenols is 1. The smallest absolute Gasteiger partial charge is 0.122 e. The average Bonchev–Trinajstić information content (AvgIpc) is 2.39. The molecule has 0 fully saturated rings. The van der Waals surface area contributed by atoms with E-state index < -0.39 is 0 Å². The van der Waals surface area contributed by atoms with E-state index in [2.05, 4.69) is 20.9 Å². The second kappa shape index (κ2) is 6.17. The van der Waals surface area contributed by atoms with Crippen LogP contribution in [0.4, 0.5) is 5.69 Å². The van der Waals surface area contributed by atoms with E-state index in [0.29, 0.717) is 0 Å². The SMILES string of the molecule is Oc1ccccc1/C=C/C=Nc1ccc(Br)cc1. The second-order valence-corrected chi connectivity index (χ2v) is 4.59. The van der Waals surface area contributed by atoms with Crippen LogP contribution in [0.5, 0.6) is 5.75 Å². The highest BCUT2D eigenvalue weighted by atomic mass is 79.9. The zero-order chi connectivity index (χ0) is 12.8. The summed E-state index contributed by atoms with van der Waals surface area (Å²) in [6, 6.07) is 14.9. The first-order valence-electron chi connectivity index (χ1n) is 5.50. The Kier molecular flexibility index (Phi) is 4.31. The van der Waals surface area contributed by atoms with Crippen LogP contribution < -0.4 is 0 Å². The lowest BCUT2D eigenvalue weighted by Crippen LogP contribution is -1.73. The van der Waals surface area contributed by atoms with Crippen LogP contribution in [0, 0.1) is 0 Å². The summed E-state index contributed by atoms with van der Waals surface area (Å²) in [4.78, 5) is 4.28. The Morgan fingerprint density at radius 1 is 1.00 bits per heavy atom. The summed E-state index contributed by atoms with van der Waals surface area (Å²) >= 11 is 3.37. The number of allylic oxidation sites excluding steroid dienone is 1. The molecule has 0 aliphatic heterocycles. The number of hydrogen-bond acceptors (Lipinski definition) is 2. The summed E-state index contributed by atoms with van der Waals surface area (Å²) in [5, 5.41) is 9.56. The molecule has 0 amide bonds. The molecule has 0 saturated heterocycles. The lowest BCUT2D eigenvalue weighted by atomic mass is 10.2. The maximum absolute atomic E-state index is 9.56. The molecule has 0 aliphatic rings. The van der Waals surface area contributed by atoms with Gasteiger partial charge in [-0.2, -0.15) is 0 Å². The predicted molar refractivity (Wildman–Crippen MR) is 79.4 cm³/mol. The van der Waals surface area contributed by atoms with Gasteiger partial charge in [0, 0.05) is 16.3 Å². The summed E-state index contributed by atoms with van der Waals surface area (Å²) < 4.78 is 1.03. The first-order valence-corrected chi connectivity index (χ1v) is 6.29. The zero-order valence-electron chi connectivity index (χ0n) is 9.62. The molecule has 2 nitrogen and oxygen atoms in total. The molecule has 0 spiro atoms. The van der Waals surface area contributed by atoms with E-state index in [0.717, 1.165) is 15.7 Å². The Bertz CT molecular complexity index is 573. The van der Waals surface area contributed by atoms with E-state index >= 15 is 0 Å². The van der Waals surface area contributed by atoms with E-state index in [-0.39, 0.29) is 5.75 Å². The van der Waals surface area contributed by atoms with Gasteiger partial charge in [-0.1, -0.05) is 34.1 Å². The van der Waals surface area contributed by atoms with Crippen molar-refractivity contribution in [3.63, 3.8) is 0 Å². The molecule has 2 aromatic rings. The van der Waals surface area contributed by atoms with Gasteiger partial charge in [0.2, 0.25) is 0 Å². The van der Waals surface area contributed by atoms with Crippen molar-refractivity contribution in [2.24, 2.45) is 4.99 Å². The molecule has 0 aliphatic carbocycles. The molecule has 90 valence electrons. The maximum Gasteiger partial charge on any atom is 0.122 e. The summed E-state index contributed by atoms with van der Waals surface area (Å²) in [6.07, 6.45) is 5.32. The number of benzene rings is 2. The highest BCUT2D eigenvalue weighted by Gasteiger charge is 1.92. The molecule has 2 rings (SSSR count). The van der Waals surface area contributed by atoms with Crippen LogP contribution in [0.2, 0.25) is 0 Å². The average molecular weight is 302 g/mol. The highest BCUT2D eigenvalue weighted by Crippen LogP contribution is 2.18. The van der Waals surface area contributed by atoms with Crippen molar-refractivity contribution in [1.82, 2.24) is 0 Å². The fourth-order valence-electron chi connectivity index (χ4n) is 1.43. The van der Waals surface area contributed by atoms with Gasteiger partial charge in [-0.05, 0) is 42.5 Å². The van der Waals surface area contributed by atoms with Gasteiger partial charge in [0.15, 0.2) is 0 Å². The van der Waals surface area contributed by atoms with Crippen LogP contribution in [0.1, 0.15) is 5.56 Å². The fraction of sp³-hybridized carbons (Fsp3) is 0. The van der Waals surface area contributed by atoms with Crippen LogP contribution in [-0.2, 0) is 0 Å². The van der Waals surface area contributed by atoms with E-state index in [4.69, 9.17) is 0 Å². The van der Waals surface area contributed by atoms with Crippen molar-refractivity contribution in [3.8, 4) is 5.75 Å². The molecule has 0 bridgehead atoms. The van der Waals surface area contributed by atoms with Gasteiger partial charge in [-0.15, -0.1) is 0 Å². The van der Waals surface area contributed by atoms with Gasteiger partial charge in [-0.3, -0.25) is 4.99 Å². The van der Waals surface area contributed by atoms with Gasteiger partial charge in [0.1, 0.15) is 5.75 Å². The maximum atomic E-state index is 9.56. The number of halogens is 1. The first-order chi connectivity index (χ1) is 8.75. The first kappa shape index (κ1) is 12.6. The summed E-state index contributed by atoms with van der Waals surface area (Å²) in [5.41, 5.74) is 1.67. The number of para-hydroxylation sites is 1. The second-order valence-electron chi connectivity index (χ2n) is 3.67. The minimum atomic E-state index is 0.269. The molecule has 1 N–H and O–H groups in total. The van der Waals surface area contributed by atoms with Crippen LogP contribution in [-0.4, -0.2) is 11.3 Å². The quantitative estimate of drug-likeness (QED) is 0.828. The zero-order valence-corrected chi connectivity index (χ0v) is 11.2. The largest absolute Gasteiger partial charge is 0.507 e. The van der Waals surface area contributed by atoms with Gasteiger partial charge >= 0.3 is 0 Å². The highest BCUT2D eigenvalue weighted by molar-refractivity contribution is 9.10. The predicted octanol–water partition coefficient (Wildman–Crippen LogP) is 4.57. The third-order valence-electron chi connectivity index (χ3n) is 2.35. The topological polar surface area (TPSA) is 32.6 Å². The number of aliphatic imine (C=N–C) groups is 1. The molecule has 0 radical (unpaired) electrons. The fourth-order valence-corrected chi connectivity index (χ4v) is 1.70. The lowest BCUT2D eigenvalue weighted by molar-refractivity contribution is 0.474. The third-order valence-corrected chi connectivity index (χ3v) is 2.88. The van der Waals surface area contributed by atoms with Crippen LogP contribution in [0.15, 0.2) is 64.1 Å². The molecule has 0 atom stereocenters. The molecule has 3 heteroatoms. The minimum absolute atomic E-state index is 0.269. The Morgan fingerprint density at radius 3 is 2.44 bits per heavy atom. The van der Waals surface area contributed by atoms with Gasteiger partial charge in [-0.25, -0.2) is 0 Å². The lowest BCUT2D eigenvalue weighted by Gasteiger charge is -1.95. The van der Waals surface area contributed by atoms with E-state index in [9.17, 15) is 5.11 Å². The van der Waals surface area contributed by atoms with Crippen molar-refractivity contribution >= 4 is 33.9 Å². The number of hydrogen-bond donors (Lipinski definition) is 1. The third kappa shape index (κ3) is 3.57. The molecular formula is C15H12BrNO. The monoisotopic (exact) mass is 301 g/mol. The standard InChI is InChI=1S/C15H12BrNO/c16-13-7-9-14(10-8-13)17-11-3-5-12-4-1-2-6-15(12)18/h1-11,18H/b5-3+,17-11?.